The molecule has 15 rings (SSSR count). The molecule has 11 aliphatic heterocycles. The molecule has 0 spiro atoms. The molecular formula is C55H88N12. The Balaban J connectivity index is 0.000000130. The molecule has 4 aromatic heterocycles. The van der Waals surface area contributed by atoms with Crippen LogP contribution in [0.25, 0.3) is 11.1 Å². The first-order valence-electron chi connectivity index (χ1n) is 25.4. The highest BCUT2D eigenvalue weighted by molar-refractivity contribution is 5.63. The Morgan fingerprint density at radius 3 is 1.06 bits per heavy atom. The molecule has 0 unspecified atom stereocenters. The summed E-state index contributed by atoms with van der Waals surface area (Å²) in [5, 5.41) is 3.47. The predicted molar refractivity (Wildman–Crippen MR) is 277 cm³/mol. The molecule has 0 atom stereocenters. The topological polar surface area (TPSA) is 86.3 Å². The lowest BCUT2D eigenvalue weighted by Crippen LogP contribution is -2.71. The van der Waals surface area contributed by atoms with Crippen LogP contribution in [0.4, 0.5) is 0 Å². The number of nitrogens with one attached hydrogen (secondary N) is 1. The van der Waals surface area contributed by atoms with E-state index in [2.05, 4.69) is 118 Å². The van der Waals surface area contributed by atoms with Gasteiger partial charge in [0.25, 0.3) is 0 Å². The van der Waals surface area contributed by atoms with Gasteiger partial charge in [-0.05, 0) is 176 Å². The predicted octanol–water partition coefficient (Wildman–Crippen LogP) is 8.20. The van der Waals surface area contributed by atoms with Gasteiger partial charge in [0.1, 0.15) is 0 Å². The van der Waals surface area contributed by atoms with E-state index in [0.717, 1.165) is 40.1 Å². The summed E-state index contributed by atoms with van der Waals surface area (Å²) in [7, 11) is 0. The van der Waals surface area contributed by atoms with Gasteiger partial charge in [0.15, 0.2) is 0 Å². The SMILES string of the molecule is C1CN2CCC1CC2.C1CN2CCN1CC2.C1N2CN3CN1CN(C2)C3.CC1(C)CNCC(C)(C)C1.Cc1cc(-c2ccncc2)cc(C)n1.Cc1cc(C)nc(C)c1.Cc1cccc(C)n1. The largest absolute Gasteiger partial charge is 0.316 e. The number of aromatic nitrogens is 4. The minimum absolute atomic E-state index is 0.502. The van der Waals surface area contributed by atoms with Crippen LogP contribution in [-0.4, -0.2) is 166 Å². The number of rotatable bonds is 1. The van der Waals surface area contributed by atoms with Crippen LogP contribution in [0.2, 0.25) is 0 Å². The molecule has 11 aliphatic rings. The first-order valence-corrected chi connectivity index (χ1v) is 25.4. The van der Waals surface area contributed by atoms with Gasteiger partial charge < -0.3 is 10.2 Å². The van der Waals surface area contributed by atoms with Crippen molar-refractivity contribution in [1.29, 1.82) is 0 Å². The van der Waals surface area contributed by atoms with Crippen molar-refractivity contribution in [3.8, 4) is 11.1 Å². The van der Waals surface area contributed by atoms with E-state index in [0.29, 0.717) is 10.8 Å². The summed E-state index contributed by atoms with van der Waals surface area (Å²) in [5.74, 6) is 1.11. The Bertz CT molecular complexity index is 1840. The van der Waals surface area contributed by atoms with Gasteiger partial charge in [0, 0.05) is 98.9 Å². The fourth-order valence-corrected chi connectivity index (χ4v) is 11.0. The highest BCUT2D eigenvalue weighted by Crippen LogP contribution is 2.35. The third-order valence-electron chi connectivity index (χ3n) is 13.7. The molecule has 1 N–H and O–H groups in total. The van der Waals surface area contributed by atoms with Gasteiger partial charge in [-0.15, -0.1) is 0 Å². The Kier molecular flexibility index (Phi) is 19.8. The van der Waals surface area contributed by atoms with E-state index in [1.54, 1.807) is 12.4 Å². The summed E-state index contributed by atoms with van der Waals surface area (Å²) in [4.78, 5) is 34.3. The normalized spacial score (nSPS) is 28.3. The second-order valence-electron chi connectivity index (χ2n) is 22.1. The number of pyridine rings is 4. The maximum atomic E-state index is 4.34. The fourth-order valence-electron chi connectivity index (χ4n) is 11.0. The zero-order valence-corrected chi connectivity index (χ0v) is 43.7. The summed E-state index contributed by atoms with van der Waals surface area (Å²) in [6.07, 6.45) is 9.41. The lowest BCUT2D eigenvalue weighted by Gasteiger charge is -2.56. The molecule has 11 saturated heterocycles. The highest BCUT2D eigenvalue weighted by atomic mass is 15.7. The number of fused-ring (bicyclic) bond motifs is 6. The summed E-state index contributed by atoms with van der Waals surface area (Å²) in [6.45, 7) is 45.0. The van der Waals surface area contributed by atoms with Crippen LogP contribution < -0.4 is 5.32 Å². The molecule has 12 heteroatoms. The van der Waals surface area contributed by atoms with Crippen LogP contribution in [0.5, 0.6) is 0 Å². The number of piperazine rings is 3. The molecule has 67 heavy (non-hydrogen) atoms. The number of hydrogen-bond donors (Lipinski definition) is 1. The van der Waals surface area contributed by atoms with Crippen molar-refractivity contribution in [2.24, 2.45) is 16.7 Å². The van der Waals surface area contributed by atoms with Crippen LogP contribution in [0.1, 0.15) is 93.1 Å². The summed E-state index contributed by atoms with van der Waals surface area (Å²) < 4.78 is 0. The average molecular weight is 917 g/mol. The Morgan fingerprint density at radius 1 is 0.433 bits per heavy atom. The number of aryl methyl sites for hydroxylation is 7. The summed E-state index contributed by atoms with van der Waals surface area (Å²) in [6, 6.07) is 18.3. The smallest absolute Gasteiger partial charge is 0.0555 e. The van der Waals surface area contributed by atoms with Crippen molar-refractivity contribution in [3.05, 3.63) is 107 Å². The van der Waals surface area contributed by atoms with Crippen molar-refractivity contribution >= 4 is 0 Å². The molecular weight excluding hydrogens is 829 g/mol. The van der Waals surface area contributed by atoms with Crippen LogP contribution >= 0.6 is 0 Å². The van der Waals surface area contributed by atoms with Gasteiger partial charge in [-0.2, -0.15) is 0 Å². The second kappa shape index (κ2) is 25.2. The third-order valence-corrected chi connectivity index (χ3v) is 13.7. The van der Waals surface area contributed by atoms with Gasteiger partial charge in [-0.25, -0.2) is 0 Å². The zero-order valence-electron chi connectivity index (χ0n) is 43.7. The number of hydrogen-bond acceptors (Lipinski definition) is 12. The van der Waals surface area contributed by atoms with Gasteiger partial charge in [-0.1, -0.05) is 33.8 Å². The van der Waals surface area contributed by atoms with Crippen molar-refractivity contribution in [2.45, 2.75) is 102 Å². The first-order chi connectivity index (χ1) is 31.9. The van der Waals surface area contributed by atoms with Crippen molar-refractivity contribution < 1.29 is 0 Å². The maximum absolute atomic E-state index is 4.34. The van der Waals surface area contributed by atoms with E-state index in [1.807, 2.05) is 71.9 Å². The van der Waals surface area contributed by atoms with Crippen molar-refractivity contribution in [1.82, 2.24) is 59.6 Å². The molecule has 4 aromatic rings. The first kappa shape index (κ1) is 52.6. The van der Waals surface area contributed by atoms with Crippen molar-refractivity contribution in [3.63, 3.8) is 0 Å². The molecule has 0 radical (unpaired) electrons. The minimum atomic E-state index is 0.502. The van der Waals surface area contributed by atoms with E-state index >= 15 is 0 Å². The van der Waals surface area contributed by atoms with E-state index in [-0.39, 0.29) is 0 Å². The lowest BCUT2D eigenvalue weighted by molar-refractivity contribution is -0.194. The number of nitrogens with zero attached hydrogens (tertiary/aromatic N) is 11. The molecule has 15 heterocycles. The summed E-state index contributed by atoms with van der Waals surface area (Å²) in [5.41, 5.74) is 11.2. The summed E-state index contributed by atoms with van der Waals surface area (Å²) >= 11 is 0. The van der Waals surface area contributed by atoms with Crippen LogP contribution in [0.15, 0.2) is 67.0 Å². The molecule has 11 fully saturated rings. The van der Waals surface area contributed by atoms with E-state index < -0.39 is 0 Å². The van der Waals surface area contributed by atoms with Crippen LogP contribution in [0, 0.1) is 65.2 Å². The zero-order chi connectivity index (χ0) is 48.0. The van der Waals surface area contributed by atoms with Gasteiger partial charge in [-0.3, -0.25) is 49.3 Å². The standard InChI is InChI=1S/C12H12N2.C9H19N.C8H11N.C7H13N.C7H9N.C6H12N4.C6H12N2/c1-9-7-12(8-10(2)14-9)11-3-5-13-6-4-11;1-8(2)5-9(3,4)7-10-6-8;1-6-4-7(2)9-8(3)5-6;1-4-8-5-2-7(1)3-6-8;1-6-4-3-5-7(2)8-6;1-7-2-9-4-8(1)5-10(3-7)6-9;1-2-8-5-3-7(1)4-6-8/h3-8H,1-2H3;10H,5-7H2,1-4H3;4-5H,1-3H3;7H,1-6H2;3-5H,1-2H3;1-6H2;1-6H2. The molecule has 0 saturated carbocycles. The number of piperidine rings is 4. The fraction of sp³-hybridized carbons (Fsp3) is 0.636. The monoisotopic (exact) mass is 917 g/mol. The van der Waals surface area contributed by atoms with Gasteiger partial charge >= 0.3 is 0 Å². The van der Waals surface area contributed by atoms with Crippen LogP contribution in [0.3, 0.4) is 0 Å². The molecule has 0 aliphatic carbocycles. The van der Waals surface area contributed by atoms with E-state index in [9.17, 15) is 0 Å². The Hall–Kier alpha value is -3.72. The Labute approximate surface area is 406 Å². The van der Waals surface area contributed by atoms with Gasteiger partial charge in [0.05, 0.1) is 40.0 Å². The quantitative estimate of drug-likeness (QED) is 0.200. The molecule has 0 aromatic carbocycles. The lowest BCUT2D eigenvalue weighted by atomic mass is 9.72. The molecule has 8 bridgehead atoms. The van der Waals surface area contributed by atoms with Crippen LogP contribution in [-0.2, 0) is 0 Å². The Morgan fingerprint density at radius 2 is 0.791 bits per heavy atom. The average Bonchev–Trinajstić information content (AvgIpc) is 3.27. The minimum Gasteiger partial charge on any atom is -0.316 e. The molecule has 368 valence electrons. The molecule has 0 amide bonds. The second-order valence-corrected chi connectivity index (χ2v) is 22.1. The maximum Gasteiger partial charge on any atom is 0.0555 e. The van der Waals surface area contributed by atoms with Crippen molar-refractivity contribution in [2.75, 3.05) is 112 Å². The molecule has 12 nitrogen and oxygen atoms in total. The van der Waals surface area contributed by atoms with E-state index in [1.165, 1.54) is 154 Å². The third kappa shape index (κ3) is 18.6. The van der Waals surface area contributed by atoms with Gasteiger partial charge in [0.2, 0.25) is 0 Å². The highest BCUT2D eigenvalue weighted by Gasteiger charge is 2.36. The van der Waals surface area contributed by atoms with E-state index in [4.69, 9.17) is 0 Å².